The predicted octanol–water partition coefficient (Wildman–Crippen LogP) is 2.53. The van der Waals surface area contributed by atoms with Crippen LogP contribution in [-0.4, -0.2) is 30.9 Å². The predicted molar refractivity (Wildman–Crippen MR) is 95.0 cm³/mol. The van der Waals surface area contributed by atoms with Gasteiger partial charge in [0.05, 0.1) is 16.9 Å². The first-order valence-corrected chi connectivity index (χ1v) is 7.73. The third kappa shape index (κ3) is 5.44. The molecule has 120 valence electrons. The highest BCUT2D eigenvalue weighted by atomic mass is 127. The Morgan fingerprint density at radius 2 is 1.96 bits per heavy atom. The molecule has 0 unspecified atom stereocenters. The molecule has 0 saturated carbocycles. The van der Waals surface area contributed by atoms with Crippen molar-refractivity contribution < 1.29 is 19.4 Å². The van der Waals surface area contributed by atoms with E-state index in [-0.39, 0.29) is 18.3 Å². The van der Waals surface area contributed by atoms with Crippen LogP contribution < -0.4 is 14.9 Å². The summed E-state index contributed by atoms with van der Waals surface area (Å²) in [7, 11) is 1.58. The minimum absolute atomic E-state index is 0.142. The highest BCUT2D eigenvalue weighted by Gasteiger charge is 2.02. The summed E-state index contributed by atoms with van der Waals surface area (Å²) in [6.07, 6.45) is 1.49. The molecular weight excluding hydrogens is 411 g/mol. The van der Waals surface area contributed by atoms with E-state index in [1.165, 1.54) is 6.21 Å². The molecule has 0 aliphatic heterocycles. The number of carbonyl (C=O) groups is 1. The van der Waals surface area contributed by atoms with Gasteiger partial charge in [0.2, 0.25) is 0 Å². The second-order valence-corrected chi connectivity index (χ2v) is 5.63. The maximum atomic E-state index is 11.6. The number of carbonyl (C=O) groups excluding carboxylic acids is 1. The first-order chi connectivity index (χ1) is 11.1. The number of hydrogen-bond acceptors (Lipinski definition) is 5. The molecule has 2 aromatic carbocycles. The number of rotatable bonds is 6. The van der Waals surface area contributed by atoms with Crippen molar-refractivity contribution >= 4 is 34.7 Å². The van der Waals surface area contributed by atoms with Crippen molar-refractivity contribution in [2.75, 3.05) is 13.7 Å². The van der Waals surface area contributed by atoms with Gasteiger partial charge >= 0.3 is 0 Å². The number of halogens is 1. The fourth-order valence-electron chi connectivity index (χ4n) is 1.64. The number of nitrogens with zero attached hydrogens (tertiary/aromatic N) is 1. The van der Waals surface area contributed by atoms with Crippen LogP contribution in [0, 0.1) is 3.57 Å². The molecule has 0 spiro atoms. The fourth-order valence-corrected chi connectivity index (χ4v) is 2.17. The van der Waals surface area contributed by atoms with Gasteiger partial charge in [-0.25, -0.2) is 5.43 Å². The first kappa shape index (κ1) is 17.1. The van der Waals surface area contributed by atoms with E-state index in [4.69, 9.17) is 9.47 Å². The number of phenolic OH excluding ortho intramolecular Hbond substituents is 1. The summed E-state index contributed by atoms with van der Waals surface area (Å²) in [6, 6.07) is 11.9. The number of hydrogen-bond donors (Lipinski definition) is 2. The molecule has 0 saturated heterocycles. The van der Waals surface area contributed by atoms with E-state index < -0.39 is 0 Å². The molecule has 0 aliphatic rings. The molecule has 2 aromatic rings. The zero-order valence-corrected chi connectivity index (χ0v) is 14.5. The van der Waals surface area contributed by atoms with E-state index >= 15 is 0 Å². The van der Waals surface area contributed by atoms with Gasteiger partial charge < -0.3 is 14.6 Å². The zero-order chi connectivity index (χ0) is 16.7. The Hall–Kier alpha value is -2.29. The van der Waals surface area contributed by atoms with Crippen LogP contribution in [0.15, 0.2) is 47.6 Å². The largest absolute Gasteiger partial charge is 0.507 e. The van der Waals surface area contributed by atoms with Gasteiger partial charge in [0.15, 0.2) is 6.61 Å². The Balaban J connectivity index is 1.79. The smallest absolute Gasteiger partial charge is 0.277 e. The van der Waals surface area contributed by atoms with E-state index in [1.54, 1.807) is 49.6 Å². The molecule has 6 nitrogen and oxygen atoms in total. The van der Waals surface area contributed by atoms with Crippen molar-refractivity contribution in [1.82, 2.24) is 5.43 Å². The SMILES string of the molecule is COc1ccc(OCC(=O)N/N=C/c2ccc(O)c(I)c2)cc1. The molecule has 0 atom stereocenters. The van der Waals surface area contributed by atoms with Crippen molar-refractivity contribution in [3.63, 3.8) is 0 Å². The van der Waals surface area contributed by atoms with Gasteiger partial charge in [-0.2, -0.15) is 5.10 Å². The standard InChI is InChI=1S/C16H15IN2O4/c1-22-12-3-5-13(6-4-12)23-10-16(21)19-18-9-11-2-7-15(20)14(17)8-11/h2-9,20H,10H2,1H3,(H,19,21)/b18-9+. The van der Waals surface area contributed by atoms with Gasteiger partial charge in [0.1, 0.15) is 17.2 Å². The van der Waals surface area contributed by atoms with Crippen LogP contribution in [0.5, 0.6) is 17.2 Å². The summed E-state index contributed by atoms with van der Waals surface area (Å²) >= 11 is 2.01. The second kappa shape index (κ2) is 8.37. The quantitative estimate of drug-likeness (QED) is 0.423. The number of phenols is 1. The molecule has 0 radical (unpaired) electrons. The summed E-state index contributed by atoms with van der Waals surface area (Å²) in [5.74, 6) is 1.12. The van der Waals surface area contributed by atoms with E-state index in [0.717, 1.165) is 11.3 Å². The minimum atomic E-state index is -0.370. The number of hydrazone groups is 1. The Kier molecular flexibility index (Phi) is 6.21. The fraction of sp³-hybridized carbons (Fsp3) is 0.125. The molecule has 2 rings (SSSR count). The Morgan fingerprint density at radius 3 is 2.61 bits per heavy atom. The first-order valence-electron chi connectivity index (χ1n) is 6.66. The van der Waals surface area contributed by atoms with Crippen molar-refractivity contribution in [2.24, 2.45) is 5.10 Å². The molecule has 0 heterocycles. The number of amides is 1. The molecule has 7 heteroatoms. The minimum Gasteiger partial charge on any atom is -0.507 e. The third-order valence-corrected chi connectivity index (χ3v) is 3.67. The average Bonchev–Trinajstić information content (AvgIpc) is 2.56. The maximum Gasteiger partial charge on any atom is 0.277 e. The van der Waals surface area contributed by atoms with Crippen LogP contribution in [-0.2, 0) is 4.79 Å². The number of ether oxygens (including phenoxy) is 2. The van der Waals surface area contributed by atoms with Gasteiger partial charge in [0.25, 0.3) is 5.91 Å². The van der Waals surface area contributed by atoms with Crippen LogP contribution in [0.25, 0.3) is 0 Å². The van der Waals surface area contributed by atoms with E-state index in [2.05, 4.69) is 10.5 Å². The number of aromatic hydroxyl groups is 1. The summed E-state index contributed by atoms with van der Waals surface area (Å²) < 4.78 is 11.1. The topological polar surface area (TPSA) is 80.2 Å². The highest BCUT2D eigenvalue weighted by Crippen LogP contribution is 2.19. The normalized spacial score (nSPS) is 10.5. The molecule has 0 aliphatic carbocycles. The van der Waals surface area contributed by atoms with Gasteiger partial charge in [0, 0.05) is 0 Å². The number of methoxy groups -OCH3 is 1. The lowest BCUT2D eigenvalue weighted by Gasteiger charge is -2.05. The molecule has 0 aromatic heterocycles. The molecule has 0 bridgehead atoms. The van der Waals surface area contributed by atoms with Crippen molar-refractivity contribution in [1.29, 1.82) is 0 Å². The van der Waals surface area contributed by atoms with Crippen molar-refractivity contribution in [2.45, 2.75) is 0 Å². The van der Waals surface area contributed by atoms with E-state index in [1.807, 2.05) is 22.6 Å². The summed E-state index contributed by atoms with van der Waals surface area (Å²) in [6.45, 7) is -0.142. The van der Waals surface area contributed by atoms with Gasteiger partial charge in [-0.15, -0.1) is 0 Å². The maximum absolute atomic E-state index is 11.6. The number of benzene rings is 2. The lowest BCUT2D eigenvalue weighted by molar-refractivity contribution is -0.123. The van der Waals surface area contributed by atoms with Gasteiger partial charge in [-0.3, -0.25) is 4.79 Å². The monoisotopic (exact) mass is 426 g/mol. The Labute approximate surface area is 147 Å². The van der Waals surface area contributed by atoms with Crippen LogP contribution in [0.2, 0.25) is 0 Å². The van der Waals surface area contributed by atoms with E-state index in [0.29, 0.717) is 9.32 Å². The van der Waals surface area contributed by atoms with Crippen LogP contribution in [0.4, 0.5) is 0 Å². The van der Waals surface area contributed by atoms with Crippen LogP contribution in [0.3, 0.4) is 0 Å². The molecule has 2 N–H and O–H groups in total. The van der Waals surface area contributed by atoms with Gasteiger partial charge in [-0.05, 0) is 70.6 Å². The Bertz CT molecular complexity index is 702. The second-order valence-electron chi connectivity index (χ2n) is 4.47. The molecule has 23 heavy (non-hydrogen) atoms. The van der Waals surface area contributed by atoms with Crippen LogP contribution >= 0.6 is 22.6 Å². The molecule has 0 fully saturated rings. The number of nitrogens with one attached hydrogen (secondary N) is 1. The Morgan fingerprint density at radius 1 is 1.26 bits per heavy atom. The van der Waals surface area contributed by atoms with Crippen molar-refractivity contribution in [3.8, 4) is 17.2 Å². The van der Waals surface area contributed by atoms with Gasteiger partial charge in [-0.1, -0.05) is 0 Å². The summed E-state index contributed by atoms with van der Waals surface area (Å²) in [4.78, 5) is 11.6. The zero-order valence-electron chi connectivity index (χ0n) is 12.3. The lowest BCUT2D eigenvalue weighted by atomic mass is 10.2. The summed E-state index contributed by atoms with van der Waals surface area (Å²) in [5, 5.41) is 13.3. The lowest BCUT2D eigenvalue weighted by Crippen LogP contribution is -2.24. The average molecular weight is 426 g/mol. The highest BCUT2D eigenvalue weighted by molar-refractivity contribution is 14.1. The third-order valence-electron chi connectivity index (χ3n) is 2.80. The van der Waals surface area contributed by atoms with Crippen LogP contribution in [0.1, 0.15) is 5.56 Å². The molecule has 1 amide bonds. The van der Waals surface area contributed by atoms with E-state index in [9.17, 15) is 9.90 Å². The molecular formula is C16H15IN2O4. The summed E-state index contributed by atoms with van der Waals surface area (Å²) in [5.41, 5.74) is 3.14. The van der Waals surface area contributed by atoms with Crippen molar-refractivity contribution in [3.05, 3.63) is 51.6 Å².